The Morgan fingerprint density at radius 3 is 2.65 bits per heavy atom. The number of hydrogen-bond donors (Lipinski definition) is 2. The van der Waals surface area contributed by atoms with Crippen molar-refractivity contribution in [1.82, 2.24) is 5.32 Å². The number of rotatable bonds is 4. The normalized spacial score (nSPS) is 11.1. The highest BCUT2D eigenvalue weighted by Gasteiger charge is 2.14. The summed E-state index contributed by atoms with van der Waals surface area (Å²) in [5, 5.41) is 2.78. The van der Waals surface area contributed by atoms with Crippen LogP contribution in [0.4, 0.5) is 0 Å². The van der Waals surface area contributed by atoms with Crippen LogP contribution in [0.3, 0.4) is 0 Å². The summed E-state index contributed by atoms with van der Waals surface area (Å²) >= 11 is 3.34. The first kappa shape index (κ1) is 14.0. The highest BCUT2D eigenvalue weighted by atomic mass is 79.9. The topological polar surface area (TPSA) is 64.3 Å². The molecule has 0 aliphatic heterocycles. The van der Waals surface area contributed by atoms with Crippen molar-refractivity contribution in [2.24, 2.45) is 5.73 Å². The van der Waals surface area contributed by atoms with Gasteiger partial charge in [0.2, 0.25) is 0 Å². The lowest BCUT2D eigenvalue weighted by atomic mass is 10.1. The van der Waals surface area contributed by atoms with E-state index in [1.165, 1.54) is 0 Å². The molecule has 1 amide bonds. The van der Waals surface area contributed by atoms with Crippen molar-refractivity contribution in [3.63, 3.8) is 0 Å². The number of nitrogens with two attached hydrogens (primary N) is 1. The third kappa shape index (κ3) is 4.36. The Morgan fingerprint density at radius 2 is 2.18 bits per heavy atom. The molecule has 0 radical (unpaired) electrons. The van der Waals surface area contributed by atoms with Gasteiger partial charge in [-0.15, -0.1) is 0 Å². The Kier molecular flexibility index (Phi) is 4.54. The third-order valence-electron chi connectivity index (χ3n) is 2.12. The molecule has 0 aliphatic carbocycles. The van der Waals surface area contributed by atoms with Crippen molar-refractivity contribution in [3.05, 3.63) is 28.2 Å². The summed E-state index contributed by atoms with van der Waals surface area (Å²) in [5.41, 5.74) is 5.95. The van der Waals surface area contributed by atoms with Gasteiger partial charge < -0.3 is 15.8 Å². The Bertz CT molecular complexity index is 413. The fraction of sp³-hybridized carbons (Fsp3) is 0.417. The van der Waals surface area contributed by atoms with Gasteiger partial charge in [-0.3, -0.25) is 4.79 Å². The first-order valence-corrected chi connectivity index (χ1v) is 6.03. The largest absolute Gasteiger partial charge is 0.496 e. The second-order valence-corrected chi connectivity index (χ2v) is 5.37. The zero-order valence-corrected chi connectivity index (χ0v) is 11.8. The Labute approximate surface area is 110 Å². The second kappa shape index (κ2) is 5.51. The zero-order chi connectivity index (χ0) is 13.1. The van der Waals surface area contributed by atoms with Crippen molar-refractivity contribution in [3.8, 4) is 5.75 Å². The maximum Gasteiger partial charge on any atom is 0.251 e. The van der Waals surface area contributed by atoms with E-state index >= 15 is 0 Å². The predicted molar refractivity (Wildman–Crippen MR) is 71.3 cm³/mol. The molecule has 4 nitrogen and oxygen atoms in total. The lowest BCUT2D eigenvalue weighted by molar-refractivity contribution is 0.0946. The van der Waals surface area contributed by atoms with Gasteiger partial charge in [-0.25, -0.2) is 0 Å². The molecule has 94 valence electrons. The molecule has 0 unspecified atom stereocenters. The van der Waals surface area contributed by atoms with Gasteiger partial charge in [0.25, 0.3) is 5.91 Å². The average Bonchev–Trinajstić information content (AvgIpc) is 2.24. The maximum atomic E-state index is 11.8. The summed E-state index contributed by atoms with van der Waals surface area (Å²) in [6.45, 7) is 4.14. The van der Waals surface area contributed by atoms with Crippen molar-refractivity contribution in [1.29, 1.82) is 0 Å². The molecule has 1 aromatic rings. The molecule has 0 heterocycles. The monoisotopic (exact) mass is 300 g/mol. The summed E-state index contributed by atoms with van der Waals surface area (Å²) in [6, 6.07) is 5.17. The third-order valence-corrected chi connectivity index (χ3v) is 2.74. The Balaban J connectivity index is 2.73. The number of ether oxygens (including phenoxy) is 1. The first-order chi connectivity index (χ1) is 7.83. The standard InChI is InChI=1S/C12H17BrN2O2/c1-12(2,14)7-15-11(16)8-4-5-10(17-3)9(13)6-8/h4-6H,7,14H2,1-3H3,(H,15,16). The fourth-order valence-corrected chi connectivity index (χ4v) is 1.76. The van der Waals surface area contributed by atoms with Crippen LogP contribution in [0.15, 0.2) is 22.7 Å². The number of nitrogens with one attached hydrogen (secondary N) is 1. The SMILES string of the molecule is COc1ccc(C(=O)NCC(C)(C)N)cc1Br. The molecule has 3 N–H and O–H groups in total. The summed E-state index contributed by atoms with van der Waals surface area (Å²) in [5.74, 6) is 0.549. The van der Waals surface area contributed by atoms with Gasteiger partial charge in [-0.05, 0) is 48.0 Å². The summed E-state index contributed by atoms with van der Waals surface area (Å²) < 4.78 is 5.85. The second-order valence-electron chi connectivity index (χ2n) is 4.52. The number of carbonyl (C=O) groups is 1. The highest BCUT2D eigenvalue weighted by molar-refractivity contribution is 9.10. The van der Waals surface area contributed by atoms with E-state index in [2.05, 4.69) is 21.2 Å². The van der Waals surface area contributed by atoms with E-state index in [0.717, 1.165) is 4.47 Å². The average molecular weight is 301 g/mol. The molecule has 0 atom stereocenters. The molecule has 1 aromatic carbocycles. The van der Waals surface area contributed by atoms with Crippen molar-refractivity contribution >= 4 is 21.8 Å². The predicted octanol–water partition coefficient (Wildman–Crippen LogP) is 1.92. The molecular weight excluding hydrogens is 284 g/mol. The molecule has 1 rings (SSSR count). The first-order valence-electron chi connectivity index (χ1n) is 5.24. The molecule has 0 aromatic heterocycles. The molecule has 0 saturated carbocycles. The van der Waals surface area contributed by atoms with Gasteiger partial charge in [0.05, 0.1) is 11.6 Å². The molecule has 0 saturated heterocycles. The van der Waals surface area contributed by atoms with Crippen LogP contribution in [-0.4, -0.2) is 25.1 Å². The van der Waals surface area contributed by atoms with Crippen LogP contribution in [0.5, 0.6) is 5.75 Å². The maximum absolute atomic E-state index is 11.8. The van der Waals surface area contributed by atoms with Crippen molar-refractivity contribution in [2.45, 2.75) is 19.4 Å². The van der Waals surface area contributed by atoms with E-state index in [-0.39, 0.29) is 5.91 Å². The van der Waals surface area contributed by atoms with Crippen LogP contribution in [0, 0.1) is 0 Å². The van der Waals surface area contributed by atoms with E-state index in [0.29, 0.717) is 17.9 Å². The zero-order valence-electron chi connectivity index (χ0n) is 10.2. The van der Waals surface area contributed by atoms with Crippen LogP contribution in [0.2, 0.25) is 0 Å². The number of methoxy groups -OCH3 is 1. The van der Waals surface area contributed by atoms with Crippen LogP contribution < -0.4 is 15.8 Å². The van der Waals surface area contributed by atoms with Crippen LogP contribution in [0.1, 0.15) is 24.2 Å². The summed E-state index contributed by atoms with van der Waals surface area (Å²) in [7, 11) is 1.58. The minimum atomic E-state index is -0.417. The minimum Gasteiger partial charge on any atom is -0.496 e. The van der Waals surface area contributed by atoms with Gasteiger partial charge in [0.15, 0.2) is 0 Å². The van der Waals surface area contributed by atoms with Gasteiger partial charge in [-0.2, -0.15) is 0 Å². The lowest BCUT2D eigenvalue weighted by Gasteiger charge is -2.19. The van der Waals surface area contributed by atoms with Crippen LogP contribution in [0.25, 0.3) is 0 Å². The quantitative estimate of drug-likeness (QED) is 0.893. The number of amides is 1. The fourth-order valence-electron chi connectivity index (χ4n) is 1.22. The number of carbonyl (C=O) groups excluding carboxylic acids is 1. The lowest BCUT2D eigenvalue weighted by Crippen LogP contribution is -2.45. The molecular formula is C12H17BrN2O2. The molecule has 17 heavy (non-hydrogen) atoms. The van der Waals surface area contributed by atoms with E-state index in [9.17, 15) is 4.79 Å². The van der Waals surface area contributed by atoms with Crippen molar-refractivity contribution < 1.29 is 9.53 Å². The minimum absolute atomic E-state index is 0.146. The molecule has 0 spiro atoms. The van der Waals surface area contributed by atoms with E-state index in [1.807, 2.05) is 13.8 Å². The molecule has 0 bridgehead atoms. The molecule has 0 aliphatic rings. The van der Waals surface area contributed by atoms with Crippen LogP contribution >= 0.6 is 15.9 Å². The van der Waals surface area contributed by atoms with Gasteiger partial charge in [-0.1, -0.05) is 0 Å². The van der Waals surface area contributed by atoms with E-state index in [4.69, 9.17) is 10.5 Å². The summed E-state index contributed by atoms with van der Waals surface area (Å²) in [6.07, 6.45) is 0. The highest BCUT2D eigenvalue weighted by Crippen LogP contribution is 2.25. The van der Waals surface area contributed by atoms with Gasteiger partial charge in [0.1, 0.15) is 5.75 Å². The van der Waals surface area contributed by atoms with Crippen LogP contribution in [-0.2, 0) is 0 Å². The van der Waals surface area contributed by atoms with Gasteiger partial charge >= 0.3 is 0 Å². The Morgan fingerprint density at radius 1 is 1.53 bits per heavy atom. The summed E-state index contributed by atoms with van der Waals surface area (Å²) in [4.78, 5) is 11.8. The van der Waals surface area contributed by atoms with E-state index < -0.39 is 5.54 Å². The van der Waals surface area contributed by atoms with Crippen molar-refractivity contribution in [2.75, 3.05) is 13.7 Å². The Hall–Kier alpha value is -1.07. The smallest absolute Gasteiger partial charge is 0.251 e. The number of benzene rings is 1. The molecule has 5 heteroatoms. The van der Waals surface area contributed by atoms with E-state index in [1.54, 1.807) is 25.3 Å². The molecule has 0 fully saturated rings. The van der Waals surface area contributed by atoms with Gasteiger partial charge in [0, 0.05) is 17.6 Å². The number of hydrogen-bond acceptors (Lipinski definition) is 3. The number of halogens is 1.